The van der Waals surface area contributed by atoms with E-state index in [-0.39, 0.29) is 5.91 Å². The number of hydrogen-bond donors (Lipinski definition) is 0. The minimum Gasteiger partial charge on any atom is -0.337 e. The summed E-state index contributed by atoms with van der Waals surface area (Å²) in [5, 5.41) is 0. The summed E-state index contributed by atoms with van der Waals surface area (Å²) >= 11 is 0. The molecule has 2 fully saturated rings. The maximum atomic E-state index is 12.9. The zero-order chi connectivity index (χ0) is 18.1. The molecule has 0 bridgehead atoms. The van der Waals surface area contributed by atoms with E-state index in [1.807, 2.05) is 29.2 Å². The molecule has 25 heavy (non-hydrogen) atoms. The quantitative estimate of drug-likeness (QED) is 0.825. The van der Waals surface area contributed by atoms with Crippen LogP contribution in [0, 0.1) is 0 Å². The smallest absolute Gasteiger partial charge is 0.253 e. The molecule has 1 atom stereocenters. The monoisotopic (exact) mass is 364 g/mol. The molecule has 0 aromatic heterocycles. The lowest BCUT2D eigenvalue weighted by Crippen LogP contribution is -2.58. The third-order valence-corrected chi connectivity index (χ3v) is 6.89. The van der Waals surface area contributed by atoms with Gasteiger partial charge < -0.3 is 4.90 Å². The number of rotatable bonds is 4. The van der Waals surface area contributed by atoms with E-state index >= 15 is 0 Å². The Kier molecular flexibility index (Phi) is 5.21. The number of piperidine rings is 1. The van der Waals surface area contributed by atoms with Crippen molar-refractivity contribution in [3.8, 4) is 0 Å². The first-order valence-corrected chi connectivity index (χ1v) is 11.1. The number of carbonyl (C=O) groups is 1. The van der Waals surface area contributed by atoms with Crippen LogP contribution in [0.3, 0.4) is 0 Å². The first-order valence-electron chi connectivity index (χ1n) is 9.22. The van der Waals surface area contributed by atoms with Crippen molar-refractivity contribution >= 4 is 15.9 Å². The fourth-order valence-electron chi connectivity index (χ4n) is 4.41. The zero-order valence-corrected chi connectivity index (χ0v) is 16.0. The summed E-state index contributed by atoms with van der Waals surface area (Å²) in [6, 6.07) is 7.85. The third kappa shape index (κ3) is 3.75. The molecule has 6 heteroatoms. The molecule has 2 aliphatic rings. The number of hydrogen-bond acceptors (Lipinski definition) is 3. The van der Waals surface area contributed by atoms with E-state index in [9.17, 15) is 13.2 Å². The number of carbonyl (C=O) groups excluding carboxylic acids is 1. The lowest BCUT2D eigenvalue weighted by atomic mass is 9.87. The Morgan fingerprint density at radius 3 is 2.36 bits per heavy atom. The van der Waals surface area contributed by atoms with Gasteiger partial charge >= 0.3 is 0 Å². The molecule has 138 valence electrons. The summed E-state index contributed by atoms with van der Waals surface area (Å²) in [6.07, 6.45) is 6.81. The summed E-state index contributed by atoms with van der Waals surface area (Å²) in [7, 11) is -3.24. The van der Waals surface area contributed by atoms with Gasteiger partial charge in [-0.15, -0.1) is 0 Å². The van der Waals surface area contributed by atoms with Crippen molar-refractivity contribution in [1.82, 2.24) is 9.21 Å². The largest absolute Gasteiger partial charge is 0.337 e. The molecule has 0 N–H and O–H groups in total. The maximum absolute atomic E-state index is 12.9. The molecule has 2 heterocycles. The Hall–Kier alpha value is -1.40. The van der Waals surface area contributed by atoms with E-state index < -0.39 is 15.6 Å². The molecule has 0 radical (unpaired) electrons. The number of sulfonamides is 1. The average molecular weight is 365 g/mol. The molecule has 1 aromatic rings. The number of benzene rings is 1. The summed E-state index contributed by atoms with van der Waals surface area (Å²) < 4.78 is 26.0. The normalized spacial score (nSPS) is 24.8. The standard InChI is InChI=1S/C19H28N2O3S/c1-3-6-16-7-9-17(10-8-16)18(22)20-13-4-11-19(15-20)12-5-14-21(19)25(2,23)24/h7-10H,3-6,11-15H2,1-2H3/t19-/m0/s1. The van der Waals surface area contributed by atoms with Crippen LogP contribution in [0.1, 0.15) is 54.9 Å². The highest BCUT2D eigenvalue weighted by Gasteiger charge is 2.48. The number of likely N-dealkylation sites (tertiary alicyclic amines) is 1. The lowest BCUT2D eigenvalue weighted by Gasteiger charge is -2.44. The van der Waals surface area contributed by atoms with Crippen molar-refractivity contribution in [1.29, 1.82) is 0 Å². The van der Waals surface area contributed by atoms with E-state index in [0.29, 0.717) is 25.2 Å². The van der Waals surface area contributed by atoms with Gasteiger partial charge in [-0.2, -0.15) is 4.31 Å². The van der Waals surface area contributed by atoms with Gasteiger partial charge in [0, 0.05) is 25.2 Å². The number of aryl methyl sites for hydroxylation is 1. The van der Waals surface area contributed by atoms with E-state index in [4.69, 9.17) is 0 Å². The molecular formula is C19H28N2O3S. The van der Waals surface area contributed by atoms with Crippen LogP contribution < -0.4 is 0 Å². The highest BCUT2D eigenvalue weighted by molar-refractivity contribution is 7.88. The highest BCUT2D eigenvalue weighted by atomic mass is 32.2. The molecule has 0 saturated carbocycles. The van der Waals surface area contributed by atoms with Gasteiger partial charge in [-0.05, 0) is 49.8 Å². The van der Waals surface area contributed by atoms with E-state index in [2.05, 4.69) is 6.92 Å². The van der Waals surface area contributed by atoms with Crippen molar-refractivity contribution in [2.75, 3.05) is 25.9 Å². The van der Waals surface area contributed by atoms with Gasteiger partial charge in [0.15, 0.2) is 0 Å². The summed E-state index contributed by atoms with van der Waals surface area (Å²) in [5.41, 5.74) is 1.54. The van der Waals surface area contributed by atoms with Crippen LogP contribution in [0.4, 0.5) is 0 Å². The molecule has 1 amide bonds. The van der Waals surface area contributed by atoms with Gasteiger partial charge in [0.2, 0.25) is 10.0 Å². The number of nitrogens with zero attached hydrogens (tertiary/aromatic N) is 2. The zero-order valence-electron chi connectivity index (χ0n) is 15.2. The van der Waals surface area contributed by atoms with Gasteiger partial charge in [-0.3, -0.25) is 4.79 Å². The van der Waals surface area contributed by atoms with Crippen LogP contribution >= 0.6 is 0 Å². The predicted octanol–water partition coefficient (Wildman–Crippen LogP) is 2.67. The molecule has 0 unspecified atom stereocenters. The minimum absolute atomic E-state index is 0.0162. The van der Waals surface area contributed by atoms with Gasteiger partial charge in [0.1, 0.15) is 0 Å². The Morgan fingerprint density at radius 2 is 1.76 bits per heavy atom. The van der Waals surface area contributed by atoms with Crippen LogP contribution in [0.5, 0.6) is 0 Å². The fourth-order valence-corrected chi connectivity index (χ4v) is 5.81. The van der Waals surface area contributed by atoms with Crippen molar-refractivity contribution in [3.63, 3.8) is 0 Å². The van der Waals surface area contributed by atoms with Gasteiger partial charge in [0.25, 0.3) is 5.91 Å². The molecule has 2 aliphatic heterocycles. The number of amides is 1. The lowest BCUT2D eigenvalue weighted by molar-refractivity contribution is 0.0524. The molecule has 1 spiro atoms. The highest BCUT2D eigenvalue weighted by Crippen LogP contribution is 2.39. The molecule has 2 saturated heterocycles. The van der Waals surface area contributed by atoms with Crippen LogP contribution in [0.25, 0.3) is 0 Å². The first kappa shape index (κ1) is 18.4. The van der Waals surface area contributed by atoms with E-state index in [1.165, 1.54) is 11.8 Å². The summed E-state index contributed by atoms with van der Waals surface area (Å²) in [6.45, 7) is 3.93. The first-order chi connectivity index (χ1) is 11.9. The van der Waals surface area contributed by atoms with Crippen molar-refractivity contribution < 1.29 is 13.2 Å². The van der Waals surface area contributed by atoms with Crippen molar-refractivity contribution in [2.45, 2.75) is 51.0 Å². The van der Waals surface area contributed by atoms with Crippen LogP contribution in [0.15, 0.2) is 24.3 Å². The van der Waals surface area contributed by atoms with Crippen LogP contribution in [-0.4, -0.2) is 55.0 Å². The molecule has 0 aliphatic carbocycles. The van der Waals surface area contributed by atoms with Crippen molar-refractivity contribution in [3.05, 3.63) is 35.4 Å². The topological polar surface area (TPSA) is 57.7 Å². The van der Waals surface area contributed by atoms with Crippen LogP contribution in [0.2, 0.25) is 0 Å². The minimum atomic E-state index is -3.24. The fraction of sp³-hybridized carbons (Fsp3) is 0.632. The Labute approximate surface area is 151 Å². The van der Waals surface area contributed by atoms with Gasteiger partial charge in [-0.1, -0.05) is 25.5 Å². The Balaban J connectivity index is 1.78. The molecule has 5 nitrogen and oxygen atoms in total. The van der Waals surface area contributed by atoms with E-state index in [1.54, 1.807) is 4.31 Å². The van der Waals surface area contributed by atoms with Crippen molar-refractivity contribution in [2.24, 2.45) is 0 Å². The average Bonchev–Trinajstić information content (AvgIpc) is 2.98. The summed E-state index contributed by atoms with van der Waals surface area (Å²) in [5.74, 6) is 0.0162. The summed E-state index contributed by atoms with van der Waals surface area (Å²) in [4.78, 5) is 14.8. The predicted molar refractivity (Wildman–Crippen MR) is 99.1 cm³/mol. The SMILES string of the molecule is CCCc1ccc(C(=O)N2CCC[C@]3(CCCN3S(C)(=O)=O)C2)cc1. The second-order valence-corrected chi connectivity index (χ2v) is 9.35. The third-order valence-electron chi connectivity index (χ3n) is 5.51. The molecule has 1 aromatic carbocycles. The molecule has 3 rings (SSSR count). The molecular weight excluding hydrogens is 336 g/mol. The second kappa shape index (κ2) is 7.08. The van der Waals surface area contributed by atoms with Gasteiger partial charge in [0.05, 0.1) is 11.8 Å². The van der Waals surface area contributed by atoms with Gasteiger partial charge in [-0.25, -0.2) is 8.42 Å². The van der Waals surface area contributed by atoms with Crippen LogP contribution in [-0.2, 0) is 16.4 Å². The second-order valence-electron chi connectivity index (χ2n) is 7.44. The Morgan fingerprint density at radius 1 is 1.12 bits per heavy atom. The van der Waals surface area contributed by atoms with E-state index in [0.717, 1.165) is 38.5 Å². The Bertz CT molecular complexity index is 730. The maximum Gasteiger partial charge on any atom is 0.253 e.